The molecule has 20 heavy (non-hydrogen) atoms. The van der Waals surface area contributed by atoms with E-state index in [0.717, 1.165) is 5.56 Å². The van der Waals surface area contributed by atoms with E-state index in [1.165, 1.54) is 11.8 Å². The second kappa shape index (κ2) is 6.73. The lowest BCUT2D eigenvalue weighted by Gasteiger charge is -2.06. The second-order valence-electron chi connectivity index (χ2n) is 3.79. The van der Waals surface area contributed by atoms with Crippen molar-refractivity contribution in [2.75, 3.05) is 6.54 Å². The maximum atomic E-state index is 11.7. The third-order valence-corrected chi connectivity index (χ3v) is 3.28. The van der Waals surface area contributed by atoms with Gasteiger partial charge < -0.3 is 9.73 Å². The summed E-state index contributed by atoms with van der Waals surface area (Å²) >= 11 is 1.18. The van der Waals surface area contributed by atoms with Crippen LogP contribution < -0.4 is 5.32 Å². The summed E-state index contributed by atoms with van der Waals surface area (Å²) in [6.07, 6.45) is 8.36. The summed E-state index contributed by atoms with van der Waals surface area (Å²) in [7, 11) is 0. The number of rotatable bonds is 5. The standard InChI is InChI=1S/C13H12N4O2S/c1-3-6-15-11(18)9(2)20-13-17-16-12(19-13)10-4-7-14-8-5-10/h1,4-5,7-9H,6H2,2H3,(H,15,18). The Morgan fingerprint density at radius 3 is 2.95 bits per heavy atom. The van der Waals surface area contributed by atoms with Crippen molar-refractivity contribution in [2.24, 2.45) is 0 Å². The zero-order chi connectivity index (χ0) is 14.4. The van der Waals surface area contributed by atoms with E-state index >= 15 is 0 Å². The molecule has 1 N–H and O–H groups in total. The number of carbonyl (C=O) groups is 1. The molecule has 2 aromatic heterocycles. The normalized spacial score (nSPS) is 11.6. The highest BCUT2D eigenvalue weighted by Crippen LogP contribution is 2.25. The van der Waals surface area contributed by atoms with E-state index < -0.39 is 0 Å². The Morgan fingerprint density at radius 1 is 1.50 bits per heavy atom. The molecular weight excluding hydrogens is 276 g/mol. The molecule has 2 aromatic rings. The topological polar surface area (TPSA) is 80.9 Å². The molecule has 0 saturated heterocycles. The van der Waals surface area contributed by atoms with Gasteiger partial charge in [0.25, 0.3) is 5.22 Å². The first kappa shape index (κ1) is 14.1. The fourth-order valence-corrected chi connectivity index (χ4v) is 2.06. The van der Waals surface area contributed by atoms with Gasteiger partial charge in [0.1, 0.15) is 0 Å². The van der Waals surface area contributed by atoms with E-state index in [1.807, 2.05) is 0 Å². The van der Waals surface area contributed by atoms with Gasteiger partial charge in [0, 0.05) is 18.0 Å². The molecule has 0 bridgehead atoms. The zero-order valence-corrected chi connectivity index (χ0v) is 11.6. The Balaban J connectivity index is 2.00. The first-order valence-electron chi connectivity index (χ1n) is 5.82. The monoisotopic (exact) mass is 288 g/mol. The highest BCUT2D eigenvalue weighted by atomic mass is 32.2. The lowest BCUT2D eigenvalue weighted by Crippen LogP contribution is -2.31. The van der Waals surface area contributed by atoms with Crippen LogP contribution in [-0.2, 0) is 4.79 Å². The summed E-state index contributed by atoms with van der Waals surface area (Å²) in [4.78, 5) is 15.6. The van der Waals surface area contributed by atoms with Crippen LogP contribution >= 0.6 is 11.8 Å². The molecule has 0 spiro atoms. The molecule has 7 heteroatoms. The van der Waals surface area contributed by atoms with Gasteiger partial charge in [-0.1, -0.05) is 17.7 Å². The minimum absolute atomic E-state index is 0.170. The number of nitrogens with zero attached hydrogens (tertiary/aromatic N) is 3. The van der Waals surface area contributed by atoms with Gasteiger partial charge >= 0.3 is 0 Å². The highest BCUT2D eigenvalue weighted by molar-refractivity contribution is 8.00. The number of hydrogen-bond donors (Lipinski definition) is 1. The average molecular weight is 288 g/mol. The Labute approximate surface area is 120 Å². The van der Waals surface area contributed by atoms with Gasteiger partial charge in [-0.15, -0.1) is 16.6 Å². The molecule has 0 aliphatic carbocycles. The van der Waals surface area contributed by atoms with E-state index in [-0.39, 0.29) is 17.7 Å². The summed E-state index contributed by atoms with van der Waals surface area (Å²) in [6.45, 7) is 1.95. The van der Waals surface area contributed by atoms with Crippen molar-refractivity contribution >= 4 is 17.7 Å². The van der Waals surface area contributed by atoms with E-state index in [0.29, 0.717) is 11.1 Å². The number of nitrogens with one attached hydrogen (secondary N) is 1. The van der Waals surface area contributed by atoms with E-state index in [4.69, 9.17) is 10.8 Å². The van der Waals surface area contributed by atoms with Crippen LogP contribution in [0.2, 0.25) is 0 Å². The maximum absolute atomic E-state index is 11.7. The van der Waals surface area contributed by atoms with E-state index in [9.17, 15) is 4.79 Å². The van der Waals surface area contributed by atoms with Crippen LogP contribution in [-0.4, -0.2) is 32.9 Å². The third-order valence-electron chi connectivity index (χ3n) is 2.35. The fraction of sp³-hybridized carbons (Fsp3) is 0.231. The van der Waals surface area contributed by atoms with Crippen molar-refractivity contribution in [3.63, 3.8) is 0 Å². The molecule has 2 heterocycles. The van der Waals surface area contributed by atoms with Gasteiger partial charge in [-0.05, 0) is 19.1 Å². The zero-order valence-electron chi connectivity index (χ0n) is 10.7. The van der Waals surface area contributed by atoms with Crippen molar-refractivity contribution in [3.8, 4) is 23.8 Å². The quantitative estimate of drug-likeness (QED) is 0.661. The van der Waals surface area contributed by atoms with Crippen LogP contribution in [0.4, 0.5) is 0 Å². The molecule has 0 radical (unpaired) electrons. The lowest BCUT2D eigenvalue weighted by molar-refractivity contribution is -0.120. The maximum Gasteiger partial charge on any atom is 0.277 e. The van der Waals surface area contributed by atoms with Crippen LogP contribution in [0.5, 0.6) is 0 Å². The van der Waals surface area contributed by atoms with Crippen LogP contribution in [0.15, 0.2) is 34.2 Å². The van der Waals surface area contributed by atoms with Crippen molar-refractivity contribution in [1.29, 1.82) is 0 Å². The molecule has 0 aliphatic heterocycles. The lowest BCUT2D eigenvalue weighted by atomic mass is 10.3. The van der Waals surface area contributed by atoms with Gasteiger partial charge in [-0.2, -0.15) is 0 Å². The van der Waals surface area contributed by atoms with Gasteiger partial charge in [0.2, 0.25) is 11.8 Å². The van der Waals surface area contributed by atoms with Crippen molar-refractivity contribution in [3.05, 3.63) is 24.5 Å². The Bertz CT molecular complexity index is 621. The fourth-order valence-electron chi connectivity index (χ4n) is 1.36. The number of aromatic nitrogens is 3. The number of terminal acetylenes is 1. The van der Waals surface area contributed by atoms with Gasteiger partial charge in [-0.25, -0.2) is 0 Å². The largest absolute Gasteiger partial charge is 0.411 e. The first-order valence-corrected chi connectivity index (χ1v) is 6.70. The Morgan fingerprint density at radius 2 is 2.25 bits per heavy atom. The van der Waals surface area contributed by atoms with Crippen LogP contribution in [0.3, 0.4) is 0 Å². The van der Waals surface area contributed by atoms with Gasteiger partial charge in [-0.3, -0.25) is 9.78 Å². The smallest absolute Gasteiger partial charge is 0.277 e. The number of thioether (sulfide) groups is 1. The molecule has 1 atom stereocenters. The molecule has 0 aliphatic rings. The Kier molecular flexibility index (Phi) is 4.74. The molecule has 0 fully saturated rings. The highest BCUT2D eigenvalue weighted by Gasteiger charge is 2.18. The minimum atomic E-state index is -0.367. The van der Waals surface area contributed by atoms with Crippen LogP contribution in [0.25, 0.3) is 11.5 Å². The van der Waals surface area contributed by atoms with Gasteiger partial charge in [0.15, 0.2) is 0 Å². The summed E-state index contributed by atoms with van der Waals surface area (Å²) in [5.41, 5.74) is 0.781. The average Bonchev–Trinajstić information content (AvgIpc) is 2.94. The molecule has 1 unspecified atom stereocenters. The summed E-state index contributed by atoms with van der Waals surface area (Å²) in [5, 5.41) is 10.4. The molecule has 2 rings (SSSR count). The van der Waals surface area contributed by atoms with E-state index in [1.54, 1.807) is 31.5 Å². The SMILES string of the molecule is C#CCNC(=O)C(C)Sc1nnc(-c2ccncc2)o1. The first-order chi connectivity index (χ1) is 9.70. The predicted molar refractivity (Wildman–Crippen MR) is 74.7 cm³/mol. The third kappa shape index (κ3) is 3.59. The van der Waals surface area contributed by atoms with Gasteiger partial charge in [0.05, 0.1) is 11.8 Å². The number of carbonyl (C=O) groups excluding carboxylic acids is 1. The summed E-state index contributed by atoms with van der Waals surface area (Å²) in [5.74, 6) is 2.57. The number of pyridine rings is 1. The van der Waals surface area contributed by atoms with Crippen molar-refractivity contribution < 1.29 is 9.21 Å². The molecule has 6 nitrogen and oxygen atoms in total. The van der Waals surface area contributed by atoms with Crippen LogP contribution in [0, 0.1) is 12.3 Å². The molecule has 0 aromatic carbocycles. The predicted octanol–water partition coefficient (Wildman–Crippen LogP) is 1.36. The minimum Gasteiger partial charge on any atom is -0.411 e. The Hall–Kier alpha value is -2.33. The van der Waals surface area contributed by atoms with E-state index in [2.05, 4.69) is 26.4 Å². The second-order valence-corrected chi connectivity index (χ2v) is 5.08. The molecule has 1 amide bonds. The molecule has 102 valence electrons. The molecular formula is C13H12N4O2S. The molecule has 0 saturated carbocycles. The summed E-state index contributed by atoms with van der Waals surface area (Å²) in [6, 6.07) is 3.54. The summed E-state index contributed by atoms with van der Waals surface area (Å²) < 4.78 is 5.49. The number of amides is 1. The van der Waals surface area contributed by atoms with Crippen molar-refractivity contribution in [1.82, 2.24) is 20.5 Å². The number of hydrogen-bond acceptors (Lipinski definition) is 6. The van der Waals surface area contributed by atoms with Crippen LogP contribution in [0.1, 0.15) is 6.92 Å². The van der Waals surface area contributed by atoms with Crippen molar-refractivity contribution in [2.45, 2.75) is 17.4 Å².